The quantitative estimate of drug-likeness (QED) is 0.339. The predicted octanol–water partition coefficient (Wildman–Crippen LogP) is 4.72. The van der Waals surface area contributed by atoms with Gasteiger partial charge in [-0.1, -0.05) is 42.0 Å². The van der Waals surface area contributed by atoms with Crippen LogP contribution in [0.2, 0.25) is 0 Å². The highest BCUT2D eigenvalue weighted by Crippen LogP contribution is 2.32. The van der Waals surface area contributed by atoms with E-state index in [1.807, 2.05) is 61.7 Å². The average Bonchev–Trinajstić information content (AvgIpc) is 3.53. The van der Waals surface area contributed by atoms with Crippen LogP contribution in [0.3, 0.4) is 0 Å². The van der Waals surface area contributed by atoms with Gasteiger partial charge < -0.3 is 14.8 Å². The number of carbonyl (C=O) groups is 2. The van der Waals surface area contributed by atoms with Crippen molar-refractivity contribution in [1.29, 1.82) is 0 Å². The number of carbonyl (C=O) groups excluding carboxylic acids is 2. The van der Waals surface area contributed by atoms with E-state index in [1.54, 1.807) is 12.3 Å². The van der Waals surface area contributed by atoms with Crippen LogP contribution in [0.25, 0.3) is 0 Å². The summed E-state index contributed by atoms with van der Waals surface area (Å²) in [5, 5.41) is 9.36. The van der Waals surface area contributed by atoms with E-state index >= 15 is 0 Å². The summed E-state index contributed by atoms with van der Waals surface area (Å²) in [6, 6.07) is 15.5. The molecule has 2 N–H and O–H groups in total. The second-order valence-corrected chi connectivity index (χ2v) is 10.7. The Morgan fingerprint density at radius 2 is 1.79 bits per heavy atom. The first kappa shape index (κ1) is 26.2. The van der Waals surface area contributed by atoms with Gasteiger partial charge in [0.15, 0.2) is 5.79 Å². The molecule has 8 nitrogen and oxygen atoms in total. The minimum absolute atomic E-state index is 0.253. The minimum atomic E-state index is -0.396. The molecule has 198 valence electrons. The third kappa shape index (κ3) is 6.19. The highest BCUT2D eigenvalue weighted by molar-refractivity contribution is 7.15. The number of anilines is 1. The fourth-order valence-electron chi connectivity index (χ4n) is 4.77. The molecule has 0 atom stereocenters. The van der Waals surface area contributed by atoms with Gasteiger partial charge in [-0.25, -0.2) is 5.43 Å². The van der Waals surface area contributed by atoms with Gasteiger partial charge in [-0.05, 0) is 48.1 Å². The number of thiophene rings is 1. The number of ether oxygens (including phenoxy) is 2. The maximum atomic E-state index is 13.1. The van der Waals surface area contributed by atoms with Gasteiger partial charge in [0.25, 0.3) is 11.8 Å². The van der Waals surface area contributed by atoms with E-state index in [0.29, 0.717) is 29.3 Å². The summed E-state index contributed by atoms with van der Waals surface area (Å²) in [4.78, 5) is 28.4. The lowest BCUT2D eigenvalue weighted by Gasteiger charge is -2.37. The van der Waals surface area contributed by atoms with Crippen molar-refractivity contribution in [3.8, 4) is 0 Å². The molecule has 2 aliphatic heterocycles. The lowest BCUT2D eigenvalue weighted by atomic mass is 10.0. The van der Waals surface area contributed by atoms with Gasteiger partial charge in [0, 0.05) is 38.0 Å². The summed E-state index contributed by atoms with van der Waals surface area (Å²) < 4.78 is 11.6. The molecule has 0 unspecified atom stereocenters. The topological polar surface area (TPSA) is 92.3 Å². The molecule has 1 aromatic heterocycles. The van der Waals surface area contributed by atoms with Gasteiger partial charge in [0.2, 0.25) is 0 Å². The zero-order valence-corrected chi connectivity index (χ0v) is 22.5. The summed E-state index contributed by atoms with van der Waals surface area (Å²) >= 11 is 1.32. The maximum absolute atomic E-state index is 13.1. The van der Waals surface area contributed by atoms with E-state index in [-0.39, 0.29) is 11.8 Å². The maximum Gasteiger partial charge on any atom is 0.274 e. The second-order valence-electron chi connectivity index (χ2n) is 9.77. The number of hydrogen-bond donors (Lipinski definition) is 2. The van der Waals surface area contributed by atoms with Crippen LogP contribution in [0.4, 0.5) is 5.00 Å². The Labute approximate surface area is 226 Å². The first-order chi connectivity index (χ1) is 18.4. The summed E-state index contributed by atoms with van der Waals surface area (Å²) in [6.45, 7) is 7.72. The fourth-order valence-corrected chi connectivity index (χ4v) is 5.71. The van der Waals surface area contributed by atoms with Crippen molar-refractivity contribution in [2.24, 2.45) is 5.10 Å². The Morgan fingerprint density at radius 3 is 2.53 bits per heavy atom. The monoisotopic (exact) mass is 532 g/mol. The van der Waals surface area contributed by atoms with Crippen molar-refractivity contribution < 1.29 is 19.1 Å². The van der Waals surface area contributed by atoms with Crippen LogP contribution >= 0.6 is 11.3 Å². The van der Waals surface area contributed by atoms with Crippen molar-refractivity contribution in [2.75, 3.05) is 31.6 Å². The Balaban J connectivity index is 1.20. The Kier molecular flexibility index (Phi) is 7.99. The second kappa shape index (κ2) is 11.6. The van der Waals surface area contributed by atoms with Crippen molar-refractivity contribution in [3.05, 3.63) is 87.3 Å². The fraction of sp³-hybridized carbons (Fsp3) is 0.345. The van der Waals surface area contributed by atoms with Gasteiger partial charge in [-0.2, -0.15) is 5.10 Å². The van der Waals surface area contributed by atoms with Gasteiger partial charge in [-0.3, -0.25) is 14.5 Å². The Hall–Kier alpha value is -3.37. The molecule has 0 radical (unpaired) electrons. The van der Waals surface area contributed by atoms with E-state index in [9.17, 15) is 9.59 Å². The Bertz CT molecular complexity index is 1320. The number of hydrazone groups is 1. The summed E-state index contributed by atoms with van der Waals surface area (Å²) in [5.41, 5.74) is 7.42. The van der Waals surface area contributed by atoms with E-state index in [0.717, 1.165) is 54.7 Å². The van der Waals surface area contributed by atoms with E-state index in [4.69, 9.17) is 9.47 Å². The average molecular weight is 533 g/mol. The van der Waals surface area contributed by atoms with E-state index < -0.39 is 5.79 Å². The number of hydrogen-bond acceptors (Lipinski definition) is 7. The van der Waals surface area contributed by atoms with Crippen LogP contribution in [-0.2, 0) is 16.0 Å². The molecule has 3 aromatic rings. The number of nitrogens with one attached hydrogen (secondary N) is 2. The minimum Gasteiger partial charge on any atom is -0.347 e. The molecular weight excluding hydrogens is 500 g/mol. The van der Waals surface area contributed by atoms with Crippen molar-refractivity contribution >= 4 is 34.4 Å². The molecular formula is C29H32N4O4S. The summed E-state index contributed by atoms with van der Waals surface area (Å²) in [7, 11) is 0. The first-order valence-corrected chi connectivity index (χ1v) is 13.7. The number of nitrogens with zero attached hydrogens (tertiary/aromatic N) is 2. The number of benzene rings is 2. The third-order valence-electron chi connectivity index (χ3n) is 6.91. The number of amides is 2. The lowest BCUT2D eigenvalue weighted by Crippen LogP contribution is -2.44. The van der Waals surface area contributed by atoms with Crippen LogP contribution in [0, 0.1) is 13.8 Å². The molecule has 3 heterocycles. The van der Waals surface area contributed by atoms with Crippen molar-refractivity contribution in [2.45, 2.75) is 39.0 Å². The molecule has 2 saturated heterocycles. The van der Waals surface area contributed by atoms with Crippen molar-refractivity contribution in [3.63, 3.8) is 0 Å². The predicted molar refractivity (Wildman–Crippen MR) is 149 cm³/mol. The van der Waals surface area contributed by atoms with Crippen LogP contribution in [-0.4, -0.2) is 55.0 Å². The smallest absolute Gasteiger partial charge is 0.274 e. The molecule has 1 spiro atoms. The molecule has 2 aromatic carbocycles. The number of aryl methyl sites for hydroxylation is 2. The largest absolute Gasteiger partial charge is 0.347 e. The van der Waals surface area contributed by atoms with Crippen molar-refractivity contribution in [1.82, 2.24) is 10.3 Å². The molecule has 5 rings (SSSR count). The number of piperidine rings is 1. The SMILES string of the molecule is Cc1ccc(C=NNC(=O)c2c(C)csc2NC(=O)c2cccc(CN3CCC4(CC3)OCCO4)c2)cc1. The zero-order chi connectivity index (χ0) is 26.5. The van der Waals surface area contributed by atoms with E-state index in [2.05, 4.69) is 20.7 Å². The molecule has 0 aliphatic carbocycles. The molecule has 2 aliphatic rings. The highest BCUT2D eigenvalue weighted by Gasteiger charge is 2.39. The molecule has 0 bridgehead atoms. The standard InChI is InChI=1S/C29H32N4O4S/c1-20-6-8-22(9-7-20)17-30-32-27(35)25-21(2)19-38-28(25)31-26(34)24-5-3-4-23(16-24)18-33-12-10-29(11-13-33)36-14-15-37-29/h3-9,16-17,19H,10-15,18H2,1-2H3,(H,31,34)(H,32,35). The molecule has 0 saturated carbocycles. The highest BCUT2D eigenvalue weighted by atomic mass is 32.1. The van der Waals surface area contributed by atoms with Crippen LogP contribution < -0.4 is 10.7 Å². The molecule has 2 amide bonds. The van der Waals surface area contributed by atoms with Crippen LogP contribution in [0.5, 0.6) is 0 Å². The third-order valence-corrected chi connectivity index (χ3v) is 7.93. The Morgan fingerprint density at radius 1 is 1.05 bits per heavy atom. The van der Waals surface area contributed by atoms with Gasteiger partial charge >= 0.3 is 0 Å². The number of rotatable bonds is 7. The van der Waals surface area contributed by atoms with Gasteiger partial charge in [-0.15, -0.1) is 11.3 Å². The van der Waals surface area contributed by atoms with Gasteiger partial charge in [0.05, 0.1) is 25.0 Å². The van der Waals surface area contributed by atoms with E-state index in [1.165, 1.54) is 11.3 Å². The normalized spacial score (nSPS) is 17.2. The van der Waals surface area contributed by atoms with Crippen LogP contribution in [0.15, 0.2) is 59.0 Å². The molecule has 2 fully saturated rings. The van der Waals surface area contributed by atoms with Gasteiger partial charge in [0.1, 0.15) is 5.00 Å². The molecule has 38 heavy (non-hydrogen) atoms. The number of likely N-dealkylation sites (tertiary alicyclic amines) is 1. The summed E-state index contributed by atoms with van der Waals surface area (Å²) in [5.74, 6) is -1.02. The zero-order valence-electron chi connectivity index (χ0n) is 21.7. The first-order valence-electron chi connectivity index (χ1n) is 12.8. The van der Waals surface area contributed by atoms with Crippen LogP contribution in [0.1, 0.15) is 55.8 Å². The summed E-state index contributed by atoms with van der Waals surface area (Å²) in [6.07, 6.45) is 3.30. The lowest BCUT2D eigenvalue weighted by molar-refractivity contribution is -0.185. The molecule has 9 heteroatoms.